The lowest BCUT2D eigenvalue weighted by Gasteiger charge is -2.59. The number of rotatable bonds is 5. The van der Waals surface area contributed by atoms with Crippen LogP contribution in [0.15, 0.2) is 36.0 Å². The first kappa shape index (κ1) is 23.0. The van der Waals surface area contributed by atoms with Gasteiger partial charge >= 0.3 is 0 Å². The van der Waals surface area contributed by atoms with Crippen LogP contribution in [0.4, 0.5) is 0 Å². The molecule has 0 aromatic rings. The van der Waals surface area contributed by atoms with E-state index in [4.69, 9.17) is 0 Å². The number of hydrogen-bond acceptors (Lipinski definition) is 2. The molecule has 1 N–H and O–H groups in total. The molecule has 3 fully saturated rings. The lowest BCUT2D eigenvalue weighted by atomic mass is 9.46. The maximum absolute atomic E-state index is 12.1. The average molecular weight is 425 g/mol. The van der Waals surface area contributed by atoms with E-state index in [0.29, 0.717) is 41.4 Å². The number of carbonyl (C=O) groups excluding carboxylic acids is 1. The Hall–Kier alpha value is -1.15. The van der Waals surface area contributed by atoms with Crippen LogP contribution in [0.25, 0.3) is 0 Å². The van der Waals surface area contributed by atoms with E-state index in [-0.39, 0.29) is 11.2 Å². The van der Waals surface area contributed by atoms with Crippen LogP contribution in [-0.4, -0.2) is 17.0 Å². The Kier molecular flexibility index (Phi) is 6.18. The van der Waals surface area contributed by atoms with Crippen molar-refractivity contribution >= 4 is 5.78 Å². The van der Waals surface area contributed by atoms with Gasteiger partial charge in [0.25, 0.3) is 0 Å². The zero-order chi connectivity index (χ0) is 22.6. The molecule has 0 spiro atoms. The summed E-state index contributed by atoms with van der Waals surface area (Å²) in [6, 6.07) is 0. The SMILES string of the molecule is C=C(C)C(C=CC(C)C1CCC2C3CC(O)C4=CC(=O)CCC4(C)C3CCC12C)CC. The van der Waals surface area contributed by atoms with Gasteiger partial charge in [0, 0.05) is 6.42 Å². The van der Waals surface area contributed by atoms with Crippen LogP contribution in [0.1, 0.15) is 86.0 Å². The Morgan fingerprint density at radius 3 is 2.65 bits per heavy atom. The van der Waals surface area contributed by atoms with Crippen LogP contribution in [0.3, 0.4) is 0 Å². The summed E-state index contributed by atoms with van der Waals surface area (Å²) in [5.41, 5.74) is 2.72. The van der Waals surface area contributed by atoms with Crippen molar-refractivity contribution in [1.82, 2.24) is 0 Å². The summed E-state index contributed by atoms with van der Waals surface area (Å²) >= 11 is 0. The number of hydrogen-bond donors (Lipinski definition) is 1. The highest BCUT2D eigenvalue weighted by atomic mass is 16.3. The van der Waals surface area contributed by atoms with E-state index in [2.05, 4.69) is 53.3 Å². The number of ketones is 1. The minimum atomic E-state index is -0.421. The van der Waals surface area contributed by atoms with Crippen LogP contribution in [-0.2, 0) is 4.79 Å². The maximum atomic E-state index is 12.1. The van der Waals surface area contributed by atoms with Crippen LogP contribution < -0.4 is 0 Å². The third-order valence-corrected chi connectivity index (χ3v) is 10.4. The first-order valence-corrected chi connectivity index (χ1v) is 12.9. The molecule has 9 atom stereocenters. The topological polar surface area (TPSA) is 37.3 Å². The van der Waals surface area contributed by atoms with Gasteiger partial charge in [0.05, 0.1) is 6.10 Å². The smallest absolute Gasteiger partial charge is 0.155 e. The first-order valence-electron chi connectivity index (χ1n) is 12.9. The molecule has 4 aliphatic rings. The molecule has 0 bridgehead atoms. The molecular weight excluding hydrogens is 380 g/mol. The fourth-order valence-corrected chi connectivity index (χ4v) is 8.60. The van der Waals surface area contributed by atoms with Gasteiger partial charge in [-0.05, 0) is 110 Å². The van der Waals surface area contributed by atoms with E-state index in [1.54, 1.807) is 0 Å². The van der Waals surface area contributed by atoms with E-state index >= 15 is 0 Å². The summed E-state index contributed by atoms with van der Waals surface area (Å²) in [6.45, 7) is 15.9. The van der Waals surface area contributed by atoms with Gasteiger partial charge in [-0.1, -0.05) is 52.0 Å². The molecular formula is C29H44O2. The van der Waals surface area contributed by atoms with Gasteiger partial charge in [0.15, 0.2) is 5.78 Å². The van der Waals surface area contributed by atoms with Gasteiger partial charge in [-0.3, -0.25) is 4.79 Å². The Labute approximate surface area is 190 Å². The summed E-state index contributed by atoms with van der Waals surface area (Å²) in [7, 11) is 0. The molecule has 0 amide bonds. The Balaban J connectivity index is 1.56. The molecule has 0 aliphatic heterocycles. The largest absolute Gasteiger partial charge is 0.389 e. The molecule has 0 aromatic heterocycles. The molecule has 0 radical (unpaired) electrons. The average Bonchev–Trinajstić information content (AvgIpc) is 3.07. The molecule has 4 rings (SSSR count). The van der Waals surface area contributed by atoms with Crippen molar-refractivity contribution < 1.29 is 9.90 Å². The lowest BCUT2D eigenvalue weighted by molar-refractivity contribution is -0.119. The second-order valence-corrected chi connectivity index (χ2v) is 11.9. The van der Waals surface area contributed by atoms with Gasteiger partial charge < -0.3 is 5.11 Å². The number of fused-ring (bicyclic) bond motifs is 5. The van der Waals surface area contributed by atoms with Crippen LogP contribution in [0.2, 0.25) is 0 Å². The Morgan fingerprint density at radius 2 is 1.97 bits per heavy atom. The molecule has 2 nitrogen and oxygen atoms in total. The number of aliphatic hydroxyl groups excluding tert-OH is 1. The van der Waals surface area contributed by atoms with Crippen molar-refractivity contribution in [2.75, 3.05) is 0 Å². The van der Waals surface area contributed by atoms with Crippen molar-refractivity contribution in [3.8, 4) is 0 Å². The second-order valence-electron chi connectivity index (χ2n) is 11.9. The summed E-state index contributed by atoms with van der Waals surface area (Å²) in [6.07, 6.45) is 15.0. The highest BCUT2D eigenvalue weighted by Crippen LogP contribution is 2.67. The van der Waals surface area contributed by atoms with Crippen molar-refractivity contribution in [1.29, 1.82) is 0 Å². The van der Waals surface area contributed by atoms with Gasteiger partial charge in [0.1, 0.15) is 0 Å². The van der Waals surface area contributed by atoms with Gasteiger partial charge in [-0.25, -0.2) is 0 Å². The minimum Gasteiger partial charge on any atom is -0.389 e. The third kappa shape index (κ3) is 3.71. The Bertz CT molecular complexity index is 791. The molecule has 31 heavy (non-hydrogen) atoms. The normalized spacial score (nSPS) is 44.3. The molecule has 172 valence electrons. The highest BCUT2D eigenvalue weighted by molar-refractivity contribution is 5.91. The molecule has 4 aliphatic carbocycles. The lowest BCUT2D eigenvalue weighted by Crippen LogP contribution is -2.54. The van der Waals surface area contributed by atoms with Crippen molar-refractivity contribution in [3.63, 3.8) is 0 Å². The van der Waals surface area contributed by atoms with Crippen molar-refractivity contribution in [2.45, 2.75) is 92.1 Å². The monoisotopic (exact) mass is 424 g/mol. The van der Waals surface area contributed by atoms with E-state index in [1.807, 2.05) is 6.08 Å². The molecule has 3 saturated carbocycles. The van der Waals surface area contributed by atoms with E-state index in [1.165, 1.54) is 31.3 Å². The van der Waals surface area contributed by atoms with Gasteiger partial charge in [-0.15, -0.1) is 0 Å². The predicted octanol–water partition coefficient (Wildman–Crippen LogP) is 6.90. The third-order valence-electron chi connectivity index (χ3n) is 10.4. The first-order chi connectivity index (χ1) is 14.6. The van der Waals surface area contributed by atoms with Crippen LogP contribution in [0.5, 0.6) is 0 Å². The zero-order valence-corrected chi connectivity index (χ0v) is 20.5. The zero-order valence-electron chi connectivity index (χ0n) is 20.5. The number of aliphatic hydroxyl groups is 1. The molecule has 0 heterocycles. The summed E-state index contributed by atoms with van der Waals surface area (Å²) < 4.78 is 0. The highest BCUT2D eigenvalue weighted by Gasteiger charge is 2.60. The van der Waals surface area contributed by atoms with Crippen molar-refractivity contribution in [3.05, 3.63) is 36.0 Å². The van der Waals surface area contributed by atoms with Gasteiger partial charge in [0.2, 0.25) is 0 Å². The minimum absolute atomic E-state index is 0.0248. The second kappa shape index (κ2) is 8.32. The predicted molar refractivity (Wildman–Crippen MR) is 128 cm³/mol. The van der Waals surface area contributed by atoms with Crippen LogP contribution in [0, 0.1) is 46.3 Å². The van der Waals surface area contributed by atoms with Gasteiger partial charge in [-0.2, -0.15) is 0 Å². The van der Waals surface area contributed by atoms with Crippen LogP contribution >= 0.6 is 0 Å². The fourth-order valence-electron chi connectivity index (χ4n) is 8.60. The molecule has 0 saturated heterocycles. The molecule has 2 heteroatoms. The summed E-state index contributed by atoms with van der Waals surface area (Å²) in [5.74, 6) is 3.97. The Morgan fingerprint density at radius 1 is 1.23 bits per heavy atom. The molecule has 0 aromatic carbocycles. The fraction of sp³-hybridized carbons (Fsp3) is 0.759. The maximum Gasteiger partial charge on any atom is 0.155 e. The standard InChI is InChI=1S/C29H44O2/c1-7-20(18(2)3)9-8-19(4)23-10-11-24-22-17-27(31)26-16-21(30)12-14-29(26,6)25(22)13-15-28(23,24)5/h8-9,16,19-20,22-25,27,31H,2,7,10-15,17H2,1,3-6H3. The summed E-state index contributed by atoms with van der Waals surface area (Å²) in [5, 5.41) is 11.1. The van der Waals surface area contributed by atoms with E-state index in [0.717, 1.165) is 30.8 Å². The molecule has 9 unspecified atom stereocenters. The number of allylic oxidation sites excluding steroid dienone is 3. The van der Waals surface area contributed by atoms with Crippen molar-refractivity contribution in [2.24, 2.45) is 46.3 Å². The van der Waals surface area contributed by atoms with E-state index < -0.39 is 6.10 Å². The van der Waals surface area contributed by atoms with E-state index in [9.17, 15) is 9.90 Å². The quantitative estimate of drug-likeness (QED) is 0.487. The summed E-state index contributed by atoms with van der Waals surface area (Å²) in [4.78, 5) is 12.1. The number of carbonyl (C=O) groups is 1.